The smallest absolute Gasteiger partial charge is 0.188 e. The molecule has 5 nitrogen and oxygen atoms in total. The molecular formula is C15H26N4OS. The molecule has 1 aliphatic heterocycles. The highest BCUT2D eigenvalue weighted by Gasteiger charge is 2.08. The van der Waals surface area contributed by atoms with Crippen molar-refractivity contribution >= 4 is 17.3 Å². The first-order valence-electron chi connectivity index (χ1n) is 7.71. The summed E-state index contributed by atoms with van der Waals surface area (Å²) in [5.74, 6) is 0.568. The molecule has 6 heteroatoms. The molecule has 0 amide bonds. The number of hydrogen-bond donors (Lipinski definition) is 2. The number of thiophene rings is 1. The summed E-state index contributed by atoms with van der Waals surface area (Å²) in [7, 11) is 0. The van der Waals surface area contributed by atoms with E-state index >= 15 is 0 Å². The molecular weight excluding hydrogens is 284 g/mol. The Labute approximate surface area is 131 Å². The van der Waals surface area contributed by atoms with Crippen LogP contribution in [0.25, 0.3) is 0 Å². The van der Waals surface area contributed by atoms with Gasteiger partial charge in [0.15, 0.2) is 5.96 Å². The predicted molar refractivity (Wildman–Crippen MR) is 89.0 cm³/mol. The molecule has 1 aliphatic rings. The number of ether oxygens (including phenoxy) is 1. The second-order valence-corrected chi connectivity index (χ2v) is 6.22. The second kappa shape index (κ2) is 9.76. The maximum absolute atomic E-state index is 5.85. The van der Waals surface area contributed by atoms with Crippen LogP contribution in [0, 0.1) is 0 Å². The van der Waals surface area contributed by atoms with Crippen molar-refractivity contribution in [2.45, 2.75) is 19.3 Å². The van der Waals surface area contributed by atoms with Crippen LogP contribution in [-0.4, -0.2) is 56.8 Å². The summed E-state index contributed by atoms with van der Waals surface area (Å²) in [5.41, 5.74) is 5.85. The first kappa shape index (κ1) is 16.3. The van der Waals surface area contributed by atoms with E-state index in [0.717, 1.165) is 58.8 Å². The molecule has 0 radical (unpaired) electrons. The highest BCUT2D eigenvalue weighted by atomic mass is 32.1. The molecule has 0 aliphatic carbocycles. The van der Waals surface area contributed by atoms with Gasteiger partial charge in [0.25, 0.3) is 0 Å². The average Bonchev–Trinajstić information content (AvgIpc) is 3.01. The normalized spacial score (nSPS) is 17.0. The maximum Gasteiger partial charge on any atom is 0.188 e. The first-order valence-corrected chi connectivity index (χ1v) is 8.59. The molecule has 0 spiro atoms. The van der Waals surface area contributed by atoms with Gasteiger partial charge in [0.2, 0.25) is 0 Å². The Morgan fingerprint density at radius 3 is 3.00 bits per heavy atom. The molecule has 21 heavy (non-hydrogen) atoms. The highest BCUT2D eigenvalue weighted by Crippen LogP contribution is 2.07. The maximum atomic E-state index is 5.85. The minimum absolute atomic E-state index is 0.568. The summed E-state index contributed by atoms with van der Waals surface area (Å²) in [5, 5.41) is 5.27. The van der Waals surface area contributed by atoms with Crippen LogP contribution in [-0.2, 0) is 11.2 Å². The molecule has 2 rings (SSSR count). The molecule has 0 atom stereocenters. The molecule has 118 valence electrons. The summed E-state index contributed by atoms with van der Waals surface area (Å²) >= 11 is 1.78. The molecule has 3 N–H and O–H groups in total. The minimum Gasteiger partial charge on any atom is -0.379 e. The van der Waals surface area contributed by atoms with Gasteiger partial charge in [-0.2, -0.15) is 0 Å². The number of aliphatic imine (C=N–C) groups is 1. The van der Waals surface area contributed by atoms with Gasteiger partial charge >= 0.3 is 0 Å². The van der Waals surface area contributed by atoms with Crippen LogP contribution in [0.3, 0.4) is 0 Å². The Morgan fingerprint density at radius 2 is 2.24 bits per heavy atom. The van der Waals surface area contributed by atoms with Crippen LogP contribution < -0.4 is 11.1 Å². The minimum atomic E-state index is 0.568. The van der Waals surface area contributed by atoms with E-state index in [4.69, 9.17) is 10.5 Å². The molecule has 1 aromatic heterocycles. The number of nitrogens with zero attached hydrogens (tertiary/aromatic N) is 2. The molecule has 1 fully saturated rings. The SMILES string of the molecule is NC(=NCCCCN1CCOCC1)NCCc1cccs1. The van der Waals surface area contributed by atoms with Crippen LogP contribution in [0.4, 0.5) is 0 Å². The van der Waals surface area contributed by atoms with Crippen molar-refractivity contribution in [1.29, 1.82) is 0 Å². The molecule has 0 aromatic carbocycles. The lowest BCUT2D eigenvalue weighted by Crippen LogP contribution is -2.36. The Kier molecular flexibility index (Phi) is 7.56. The standard InChI is InChI=1S/C15H26N4OS/c16-15(18-7-5-14-4-3-13-21-14)17-6-1-2-8-19-9-11-20-12-10-19/h3-4,13H,1-2,5-12H2,(H3,16,17,18). The summed E-state index contributed by atoms with van der Waals surface area (Å²) in [6, 6.07) is 4.22. The van der Waals surface area contributed by atoms with Gasteiger partial charge in [0.1, 0.15) is 0 Å². The Hall–Kier alpha value is -1.11. The van der Waals surface area contributed by atoms with Crippen LogP contribution in [0.2, 0.25) is 0 Å². The number of rotatable bonds is 8. The Bertz CT molecular complexity index is 402. The lowest BCUT2D eigenvalue weighted by molar-refractivity contribution is 0.0373. The van der Waals surface area contributed by atoms with Crippen molar-refractivity contribution < 1.29 is 4.74 Å². The summed E-state index contributed by atoms with van der Waals surface area (Å²) in [4.78, 5) is 8.20. The van der Waals surface area contributed by atoms with E-state index in [0.29, 0.717) is 5.96 Å². The van der Waals surface area contributed by atoms with E-state index in [9.17, 15) is 0 Å². The Morgan fingerprint density at radius 1 is 1.38 bits per heavy atom. The summed E-state index contributed by atoms with van der Waals surface area (Å²) in [6.07, 6.45) is 3.27. The van der Waals surface area contributed by atoms with E-state index < -0.39 is 0 Å². The number of morpholine rings is 1. The molecule has 0 saturated carbocycles. The number of nitrogens with one attached hydrogen (secondary N) is 1. The van der Waals surface area contributed by atoms with E-state index in [-0.39, 0.29) is 0 Å². The van der Waals surface area contributed by atoms with Gasteiger partial charge in [0.05, 0.1) is 13.2 Å². The van der Waals surface area contributed by atoms with E-state index in [1.54, 1.807) is 11.3 Å². The van der Waals surface area contributed by atoms with Gasteiger partial charge < -0.3 is 15.8 Å². The zero-order valence-corrected chi connectivity index (χ0v) is 13.4. The van der Waals surface area contributed by atoms with Crippen molar-refractivity contribution in [3.8, 4) is 0 Å². The lowest BCUT2D eigenvalue weighted by atomic mass is 10.3. The van der Waals surface area contributed by atoms with Crippen molar-refractivity contribution in [3.05, 3.63) is 22.4 Å². The van der Waals surface area contributed by atoms with Crippen molar-refractivity contribution in [2.75, 3.05) is 45.9 Å². The van der Waals surface area contributed by atoms with Crippen LogP contribution in [0.5, 0.6) is 0 Å². The number of guanidine groups is 1. The molecule has 0 bridgehead atoms. The molecule has 1 saturated heterocycles. The number of unbranched alkanes of at least 4 members (excludes halogenated alkanes) is 1. The molecule has 1 aromatic rings. The fraction of sp³-hybridized carbons (Fsp3) is 0.667. The third kappa shape index (κ3) is 6.93. The summed E-state index contributed by atoms with van der Waals surface area (Å²) < 4.78 is 5.34. The zero-order chi connectivity index (χ0) is 14.8. The van der Waals surface area contributed by atoms with Gasteiger partial charge in [-0.25, -0.2) is 0 Å². The molecule has 0 unspecified atom stereocenters. The quantitative estimate of drug-likeness (QED) is 0.432. The molecule has 2 heterocycles. The Balaban J connectivity index is 1.47. The number of hydrogen-bond acceptors (Lipinski definition) is 4. The average molecular weight is 310 g/mol. The van der Waals surface area contributed by atoms with Gasteiger partial charge in [-0.3, -0.25) is 9.89 Å². The van der Waals surface area contributed by atoms with Gasteiger partial charge in [-0.05, 0) is 37.3 Å². The zero-order valence-electron chi connectivity index (χ0n) is 12.6. The third-order valence-electron chi connectivity index (χ3n) is 3.53. The van der Waals surface area contributed by atoms with Crippen molar-refractivity contribution in [3.63, 3.8) is 0 Å². The largest absolute Gasteiger partial charge is 0.379 e. The van der Waals surface area contributed by atoms with Crippen molar-refractivity contribution in [2.24, 2.45) is 10.7 Å². The van der Waals surface area contributed by atoms with Crippen LogP contribution in [0.15, 0.2) is 22.5 Å². The van der Waals surface area contributed by atoms with E-state index in [1.165, 1.54) is 11.3 Å². The monoisotopic (exact) mass is 310 g/mol. The second-order valence-electron chi connectivity index (χ2n) is 5.18. The van der Waals surface area contributed by atoms with Crippen molar-refractivity contribution in [1.82, 2.24) is 10.2 Å². The lowest BCUT2D eigenvalue weighted by Gasteiger charge is -2.26. The van der Waals surface area contributed by atoms with E-state index in [2.05, 4.69) is 32.7 Å². The fourth-order valence-corrected chi connectivity index (χ4v) is 3.00. The van der Waals surface area contributed by atoms with Crippen LogP contribution >= 0.6 is 11.3 Å². The van der Waals surface area contributed by atoms with Gasteiger partial charge in [0, 0.05) is 31.1 Å². The van der Waals surface area contributed by atoms with Crippen LogP contribution in [0.1, 0.15) is 17.7 Å². The van der Waals surface area contributed by atoms with E-state index in [1.807, 2.05) is 0 Å². The number of nitrogens with two attached hydrogens (primary N) is 1. The third-order valence-corrected chi connectivity index (χ3v) is 4.46. The van der Waals surface area contributed by atoms with Gasteiger partial charge in [-0.1, -0.05) is 6.07 Å². The fourth-order valence-electron chi connectivity index (χ4n) is 2.30. The van der Waals surface area contributed by atoms with Gasteiger partial charge in [-0.15, -0.1) is 11.3 Å². The highest BCUT2D eigenvalue weighted by molar-refractivity contribution is 7.09. The predicted octanol–water partition coefficient (Wildman–Crippen LogP) is 1.31. The topological polar surface area (TPSA) is 62.9 Å². The first-order chi connectivity index (χ1) is 10.3. The summed E-state index contributed by atoms with van der Waals surface area (Å²) in [6.45, 7) is 6.68.